The number of carbonyl (C=O) groups is 2. The Morgan fingerprint density at radius 1 is 1.29 bits per heavy atom. The fourth-order valence-electron chi connectivity index (χ4n) is 2.56. The highest BCUT2D eigenvalue weighted by atomic mass is 16.2. The van der Waals surface area contributed by atoms with Crippen LogP contribution in [0.25, 0.3) is 0 Å². The second-order valence-corrected chi connectivity index (χ2v) is 4.65. The van der Waals surface area contributed by atoms with Crippen LogP contribution in [0.3, 0.4) is 0 Å². The first-order valence-corrected chi connectivity index (χ1v) is 5.90. The summed E-state index contributed by atoms with van der Waals surface area (Å²) in [5.41, 5.74) is 2.73. The van der Waals surface area contributed by atoms with Crippen LogP contribution in [0.1, 0.15) is 23.5 Å². The zero-order chi connectivity index (χ0) is 11.8. The van der Waals surface area contributed by atoms with Crippen molar-refractivity contribution in [1.29, 1.82) is 0 Å². The molecule has 1 unspecified atom stereocenters. The van der Waals surface area contributed by atoms with Crippen LogP contribution in [-0.4, -0.2) is 29.9 Å². The SMILES string of the molecule is O=C1CCN(CC2Cc3ccccc32)C(=O)N1. The molecule has 3 rings (SSSR count). The lowest BCUT2D eigenvalue weighted by Crippen LogP contribution is -2.51. The van der Waals surface area contributed by atoms with Crippen LogP contribution in [0, 0.1) is 0 Å². The summed E-state index contributed by atoms with van der Waals surface area (Å²) in [6, 6.07) is 8.08. The highest BCUT2D eigenvalue weighted by Crippen LogP contribution is 2.35. The molecule has 88 valence electrons. The molecule has 1 heterocycles. The van der Waals surface area contributed by atoms with Crippen LogP contribution < -0.4 is 5.32 Å². The highest BCUT2D eigenvalue weighted by Gasteiger charge is 2.31. The molecule has 0 bridgehead atoms. The molecule has 1 N–H and O–H groups in total. The van der Waals surface area contributed by atoms with Crippen molar-refractivity contribution in [3.63, 3.8) is 0 Å². The summed E-state index contributed by atoms with van der Waals surface area (Å²) in [5, 5.41) is 2.35. The van der Waals surface area contributed by atoms with E-state index in [-0.39, 0.29) is 11.9 Å². The van der Waals surface area contributed by atoms with Crippen molar-refractivity contribution in [2.24, 2.45) is 0 Å². The van der Waals surface area contributed by atoms with Crippen LogP contribution in [-0.2, 0) is 11.2 Å². The Hall–Kier alpha value is -1.84. The van der Waals surface area contributed by atoms with Gasteiger partial charge in [-0.25, -0.2) is 4.79 Å². The first kappa shape index (κ1) is 10.3. The van der Waals surface area contributed by atoms with Gasteiger partial charge in [0.2, 0.25) is 5.91 Å². The Labute approximate surface area is 99.6 Å². The van der Waals surface area contributed by atoms with E-state index in [0.29, 0.717) is 18.9 Å². The Morgan fingerprint density at radius 2 is 2.12 bits per heavy atom. The maximum Gasteiger partial charge on any atom is 0.324 e. The Bertz CT molecular complexity index is 484. The third-order valence-corrected chi connectivity index (χ3v) is 3.54. The van der Waals surface area contributed by atoms with Gasteiger partial charge in [0.15, 0.2) is 0 Å². The van der Waals surface area contributed by atoms with Crippen LogP contribution in [0.15, 0.2) is 24.3 Å². The molecule has 3 amide bonds. The van der Waals surface area contributed by atoms with E-state index in [1.807, 2.05) is 12.1 Å². The zero-order valence-electron chi connectivity index (χ0n) is 9.48. The van der Waals surface area contributed by atoms with Crippen LogP contribution in [0.4, 0.5) is 4.79 Å². The number of hydrogen-bond acceptors (Lipinski definition) is 2. The quantitative estimate of drug-likeness (QED) is 0.831. The van der Waals surface area contributed by atoms with E-state index < -0.39 is 0 Å². The van der Waals surface area contributed by atoms with Crippen LogP contribution >= 0.6 is 0 Å². The lowest BCUT2D eigenvalue weighted by molar-refractivity contribution is -0.121. The molecule has 0 aromatic heterocycles. The third-order valence-electron chi connectivity index (χ3n) is 3.54. The molecule has 1 saturated heterocycles. The molecule has 2 aliphatic rings. The van der Waals surface area contributed by atoms with Gasteiger partial charge < -0.3 is 4.90 Å². The molecule has 1 aliphatic heterocycles. The highest BCUT2D eigenvalue weighted by molar-refractivity contribution is 5.96. The summed E-state index contributed by atoms with van der Waals surface area (Å²) in [6.45, 7) is 1.26. The van der Waals surface area contributed by atoms with Crippen molar-refractivity contribution in [3.05, 3.63) is 35.4 Å². The largest absolute Gasteiger partial charge is 0.324 e. The summed E-state index contributed by atoms with van der Waals surface area (Å²) >= 11 is 0. The van der Waals surface area contributed by atoms with E-state index in [1.54, 1.807) is 4.90 Å². The van der Waals surface area contributed by atoms with Gasteiger partial charge in [0.25, 0.3) is 0 Å². The Morgan fingerprint density at radius 3 is 2.88 bits per heavy atom. The standard InChI is InChI=1S/C13H14N2O2/c16-12-5-6-15(13(17)14-12)8-10-7-9-3-1-2-4-11(9)10/h1-4,10H,5-8H2,(H,14,16,17). The maximum absolute atomic E-state index is 11.6. The predicted octanol–water partition coefficient (Wildman–Crippen LogP) is 1.27. The van der Waals surface area contributed by atoms with Crippen molar-refractivity contribution in [2.75, 3.05) is 13.1 Å². The fraction of sp³-hybridized carbons (Fsp3) is 0.385. The number of urea groups is 1. The Kier molecular flexibility index (Phi) is 2.35. The van der Waals surface area contributed by atoms with Gasteiger partial charge in [-0.2, -0.15) is 0 Å². The van der Waals surface area contributed by atoms with Gasteiger partial charge in [0, 0.05) is 25.4 Å². The number of nitrogens with one attached hydrogen (secondary N) is 1. The van der Waals surface area contributed by atoms with E-state index >= 15 is 0 Å². The van der Waals surface area contributed by atoms with Crippen molar-refractivity contribution in [1.82, 2.24) is 10.2 Å². The van der Waals surface area contributed by atoms with Crippen molar-refractivity contribution in [2.45, 2.75) is 18.8 Å². The average molecular weight is 230 g/mol. The first-order chi connectivity index (χ1) is 8.24. The lowest BCUT2D eigenvalue weighted by atomic mass is 9.77. The molecular formula is C13H14N2O2. The molecule has 0 saturated carbocycles. The van der Waals surface area contributed by atoms with Gasteiger partial charge in [-0.15, -0.1) is 0 Å². The molecule has 0 spiro atoms. The maximum atomic E-state index is 11.6. The van der Waals surface area contributed by atoms with Gasteiger partial charge in [-0.1, -0.05) is 24.3 Å². The molecule has 1 aromatic carbocycles. The second-order valence-electron chi connectivity index (χ2n) is 4.65. The molecule has 4 heteroatoms. The lowest BCUT2D eigenvalue weighted by Gasteiger charge is -2.36. The number of hydrogen-bond donors (Lipinski definition) is 1. The van der Waals surface area contributed by atoms with Crippen molar-refractivity contribution in [3.8, 4) is 0 Å². The number of fused-ring (bicyclic) bond motifs is 1. The first-order valence-electron chi connectivity index (χ1n) is 5.90. The zero-order valence-corrected chi connectivity index (χ0v) is 9.48. The minimum Gasteiger partial charge on any atom is -0.323 e. The van der Waals surface area contributed by atoms with Crippen molar-refractivity contribution >= 4 is 11.9 Å². The number of imide groups is 1. The number of carbonyl (C=O) groups excluding carboxylic acids is 2. The van der Waals surface area contributed by atoms with Gasteiger partial charge in [-0.3, -0.25) is 10.1 Å². The molecule has 1 atom stereocenters. The van der Waals surface area contributed by atoms with Crippen LogP contribution in [0.2, 0.25) is 0 Å². The van der Waals surface area contributed by atoms with E-state index in [2.05, 4.69) is 17.4 Å². The van der Waals surface area contributed by atoms with Gasteiger partial charge in [0.05, 0.1) is 0 Å². The minimum atomic E-state index is -0.245. The summed E-state index contributed by atoms with van der Waals surface area (Å²) in [6.07, 6.45) is 1.45. The molecule has 0 radical (unpaired) electrons. The van der Waals surface area contributed by atoms with Crippen molar-refractivity contribution < 1.29 is 9.59 Å². The molecule has 17 heavy (non-hydrogen) atoms. The number of amides is 3. The average Bonchev–Trinajstić information content (AvgIpc) is 2.28. The molecule has 4 nitrogen and oxygen atoms in total. The fourth-order valence-corrected chi connectivity index (χ4v) is 2.56. The molecule has 1 aliphatic carbocycles. The molecule has 1 fully saturated rings. The van der Waals surface area contributed by atoms with Gasteiger partial charge in [0.1, 0.15) is 0 Å². The molecular weight excluding hydrogens is 216 g/mol. The van der Waals surface area contributed by atoms with E-state index in [1.165, 1.54) is 11.1 Å². The summed E-state index contributed by atoms with van der Waals surface area (Å²) < 4.78 is 0. The predicted molar refractivity (Wildman–Crippen MR) is 62.6 cm³/mol. The smallest absolute Gasteiger partial charge is 0.323 e. The van der Waals surface area contributed by atoms with Crippen LogP contribution in [0.5, 0.6) is 0 Å². The number of benzene rings is 1. The summed E-state index contributed by atoms with van der Waals surface area (Å²) in [7, 11) is 0. The van der Waals surface area contributed by atoms with E-state index in [4.69, 9.17) is 0 Å². The Balaban J connectivity index is 1.66. The third kappa shape index (κ3) is 1.79. The summed E-state index contributed by atoms with van der Waals surface area (Å²) in [5.74, 6) is 0.269. The second kappa shape index (κ2) is 3.87. The minimum absolute atomic E-state index is 0.166. The van der Waals surface area contributed by atoms with E-state index in [9.17, 15) is 9.59 Å². The number of nitrogens with zero attached hydrogens (tertiary/aromatic N) is 1. The number of rotatable bonds is 2. The summed E-state index contributed by atoms with van der Waals surface area (Å²) in [4.78, 5) is 24.4. The molecule has 1 aromatic rings. The van der Waals surface area contributed by atoms with E-state index in [0.717, 1.165) is 13.0 Å². The monoisotopic (exact) mass is 230 g/mol. The van der Waals surface area contributed by atoms with Gasteiger partial charge in [-0.05, 0) is 17.5 Å². The normalized spacial score (nSPS) is 22.8. The topological polar surface area (TPSA) is 49.4 Å². The van der Waals surface area contributed by atoms with Gasteiger partial charge >= 0.3 is 6.03 Å².